The fourth-order valence-electron chi connectivity index (χ4n) is 5.92. The number of ether oxygens (including phenoxy) is 2. The monoisotopic (exact) mass is 683 g/mol. The first-order valence-corrected chi connectivity index (χ1v) is 17.7. The van der Waals surface area contributed by atoms with Crippen LogP contribution in [0.1, 0.15) is 67.2 Å². The Morgan fingerprint density at radius 2 is 1.75 bits per heavy atom. The van der Waals surface area contributed by atoms with Crippen molar-refractivity contribution in [1.29, 1.82) is 0 Å². The number of rotatable bonds is 10. The second kappa shape index (κ2) is 12.7. The van der Waals surface area contributed by atoms with E-state index in [1.54, 1.807) is 47.6 Å². The lowest BCUT2D eigenvalue weighted by molar-refractivity contribution is -0.143. The van der Waals surface area contributed by atoms with Crippen LogP contribution in [0.3, 0.4) is 0 Å². The molecule has 2 aliphatic carbocycles. The van der Waals surface area contributed by atoms with Crippen molar-refractivity contribution >= 4 is 44.7 Å². The molecule has 1 aliphatic heterocycles. The molecule has 3 N–H and O–H groups in total. The third-order valence-electron chi connectivity index (χ3n) is 8.73. The Morgan fingerprint density at radius 3 is 2.35 bits per heavy atom. The number of hydrogen-bond acceptors (Lipinski definition) is 9. The molecule has 5 atom stereocenters. The summed E-state index contributed by atoms with van der Waals surface area (Å²) in [4.78, 5) is 60.5. The lowest BCUT2D eigenvalue weighted by atomic mass is 9.85. The highest BCUT2D eigenvalue weighted by molar-refractivity contribution is 7.91. The minimum absolute atomic E-state index is 0.0197. The van der Waals surface area contributed by atoms with Crippen LogP contribution in [-0.4, -0.2) is 83.2 Å². The van der Waals surface area contributed by atoms with Crippen LogP contribution in [0.5, 0.6) is 5.88 Å². The van der Waals surface area contributed by atoms with E-state index >= 15 is 0 Å². The second-order valence-corrected chi connectivity index (χ2v) is 16.9. The first-order chi connectivity index (χ1) is 22.3. The number of fused-ring (bicyclic) bond motifs is 1. The van der Waals surface area contributed by atoms with E-state index in [1.165, 1.54) is 11.0 Å². The van der Waals surface area contributed by atoms with Crippen LogP contribution in [0.4, 0.5) is 4.79 Å². The number of carbonyl (C=O) groups excluding carboxylic acids is 4. The molecule has 2 aromatic rings. The van der Waals surface area contributed by atoms with E-state index in [1.807, 2.05) is 30.3 Å². The Labute approximate surface area is 281 Å². The van der Waals surface area contributed by atoms with Crippen molar-refractivity contribution in [1.82, 2.24) is 25.2 Å². The van der Waals surface area contributed by atoms with Gasteiger partial charge in [0.1, 0.15) is 29.3 Å². The summed E-state index contributed by atoms with van der Waals surface area (Å²) in [6.07, 6.45) is 1.17. The lowest BCUT2D eigenvalue weighted by Crippen LogP contribution is -2.60. The smallest absolute Gasteiger partial charge is 0.408 e. The van der Waals surface area contributed by atoms with Crippen LogP contribution in [0.2, 0.25) is 0 Å². The predicted molar refractivity (Wildman–Crippen MR) is 178 cm³/mol. The molecule has 5 rings (SSSR count). The van der Waals surface area contributed by atoms with Crippen LogP contribution < -0.4 is 20.1 Å². The molecule has 0 bridgehead atoms. The van der Waals surface area contributed by atoms with Crippen LogP contribution in [0.25, 0.3) is 10.9 Å². The van der Waals surface area contributed by atoms with Gasteiger partial charge in [-0.15, -0.1) is 6.58 Å². The van der Waals surface area contributed by atoms with Crippen molar-refractivity contribution in [3.8, 4) is 5.88 Å². The van der Waals surface area contributed by atoms with Crippen molar-refractivity contribution in [2.24, 2.45) is 11.3 Å². The fraction of sp³-hybridized carbons (Fsp3) is 0.559. The lowest BCUT2D eigenvalue weighted by Gasteiger charge is -2.36. The molecule has 3 aliphatic rings. The van der Waals surface area contributed by atoms with Crippen molar-refractivity contribution in [2.75, 3.05) is 6.54 Å². The summed E-state index contributed by atoms with van der Waals surface area (Å²) in [6.45, 7) is 14.2. The Bertz CT molecular complexity index is 1730. The highest BCUT2D eigenvalue weighted by atomic mass is 32.2. The quantitative estimate of drug-likeness (QED) is 0.318. The van der Waals surface area contributed by atoms with E-state index in [-0.39, 0.29) is 19.4 Å². The Hall–Kier alpha value is -4.20. The van der Waals surface area contributed by atoms with Crippen LogP contribution >= 0.6 is 0 Å². The van der Waals surface area contributed by atoms with E-state index in [4.69, 9.17) is 9.47 Å². The number of hydrogen-bond donors (Lipinski definition) is 3. The summed E-state index contributed by atoms with van der Waals surface area (Å²) in [5, 5.41) is 5.75. The van der Waals surface area contributed by atoms with Gasteiger partial charge >= 0.3 is 6.09 Å². The van der Waals surface area contributed by atoms with Gasteiger partial charge in [0, 0.05) is 23.8 Å². The molecular weight excluding hydrogens is 638 g/mol. The van der Waals surface area contributed by atoms with Crippen molar-refractivity contribution < 1.29 is 37.1 Å². The van der Waals surface area contributed by atoms with Crippen molar-refractivity contribution in [2.45, 2.75) is 102 Å². The van der Waals surface area contributed by atoms with Gasteiger partial charge in [-0.3, -0.25) is 19.1 Å². The third-order valence-corrected chi connectivity index (χ3v) is 10.6. The van der Waals surface area contributed by atoms with E-state index < -0.39 is 79.7 Å². The molecule has 3 fully saturated rings. The topological polar surface area (TPSA) is 173 Å². The molecule has 14 heteroatoms. The van der Waals surface area contributed by atoms with Crippen molar-refractivity contribution in [3.05, 3.63) is 49.1 Å². The number of likely N-dealkylation sites (tertiary alicyclic amines) is 1. The first-order valence-electron chi connectivity index (χ1n) is 16.2. The molecule has 0 spiro atoms. The maximum atomic E-state index is 14.3. The largest absolute Gasteiger partial charge is 0.472 e. The minimum atomic E-state index is -3.88. The van der Waals surface area contributed by atoms with Gasteiger partial charge in [-0.1, -0.05) is 45.0 Å². The number of nitrogens with zero attached hydrogens (tertiary/aromatic N) is 2. The number of carbonyl (C=O) groups is 4. The molecular formula is C34H45N5O8S. The van der Waals surface area contributed by atoms with Gasteiger partial charge in [0.05, 0.1) is 17.3 Å². The van der Waals surface area contributed by atoms with Gasteiger partial charge in [0.25, 0.3) is 5.91 Å². The van der Waals surface area contributed by atoms with E-state index in [9.17, 15) is 27.6 Å². The third kappa shape index (κ3) is 7.74. The number of amides is 4. The zero-order valence-corrected chi connectivity index (χ0v) is 29.1. The Kier molecular flexibility index (Phi) is 9.28. The van der Waals surface area contributed by atoms with Gasteiger partial charge in [0.15, 0.2) is 0 Å². The van der Waals surface area contributed by atoms with E-state index in [2.05, 4.69) is 26.9 Å². The normalized spacial score (nSPS) is 24.7. The highest BCUT2D eigenvalue weighted by Crippen LogP contribution is 2.45. The second-order valence-electron chi connectivity index (χ2n) is 15.0. The number of para-hydroxylation sites is 1. The van der Waals surface area contributed by atoms with Gasteiger partial charge in [-0.05, 0) is 57.6 Å². The number of alkyl carbamates (subject to hydrolysis) is 1. The zero-order chi connectivity index (χ0) is 35.2. The molecule has 1 aromatic heterocycles. The number of nitrogens with one attached hydrogen (secondary N) is 3. The zero-order valence-electron chi connectivity index (χ0n) is 28.2. The standard InChI is InChI=1S/C34H45N5O8S/c1-8-21-18-34(21,30(42)38-48(44,45)23-14-15-23)37-28(40)25-17-22(46-26-16-13-20-11-9-10-12-24(20)35-26)19-39(25)29(41)27(32(2,3)4)36-31(43)47-33(5,6)7/h8-13,16,21-23,25,27H,1,14-15,17-19H2,2-7H3,(H,36,43)(H,37,40)(H,38,42)/t21-,22+,25-,27+,34-/m0/s1. The molecule has 4 amide bonds. The Morgan fingerprint density at radius 1 is 1.06 bits per heavy atom. The maximum Gasteiger partial charge on any atom is 0.408 e. The summed E-state index contributed by atoms with van der Waals surface area (Å²) < 4.78 is 39.0. The van der Waals surface area contributed by atoms with E-state index in [0.717, 1.165) is 5.39 Å². The van der Waals surface area contributed by atoms with Gasteiger partial charge in [-0.25, -0.2) is 18.2 Å². The number of aromatic nitrogens is 1. The fourth-order valence-corrected chi connectivity index (χ4v) is 7.28. The first kappa shape index (κ1) is 35.1. The predicted octanol–water partition coefficient (Wildman–Crippen LogP) is 3.19. The summed E-state index contributed by atoms with van der Waals surface area (Å²) in [6, 6.07) is 8.88. The molecule has 2 saturated carbocycles. The average Bonchev–Trinajstić information content (AvgIpc) is 3.91. The molecule has 1 aromatic carbocycles. The summed E-state index contributed by atoms with van der Waals surface area (Å²) in [5.41, 5.74) is -2.43. The summed E-state index contributed by atoms with van der Waals surface area (Å²) >= 11 is 0. The maximum absolute atomic E-state index is 14.3. The Balaban J connectivity index is 1.42. The number of sulfonamides is 1. The minimum Gasteiger partial charge on any atom is -0.472 e. The van der Waals surface area contributed by atoms with Crippen LogP contribution in [0.15, 0.2) is 49.1 Å². The van der Waals surface area contributed by atoms with Crippen LogP contribution in [-0.2, 0) is 29.1 Å². The molecule has 0 unspecified atom stereocenters. The van der Waals surface area contributed by atoms with Gasteiger partial charge < -0.3 is 25.0 Å². The number of pyridine rings is 1. The molecule has 1 saturated heterocycles. The molecule has 2 heterocycles. The van der Waals surface area contributed by atoms with Crippen LogP contribution in [0, 0.1) is 11.3 Å². The summed E-state index contributed by atoms with van der Waals surface area (Å²) in [5.74, 6) is -2.24. The molecule has 13 nitrogen and oxygen atoms in total. The van der Waals surface area contributed by atoms with E-state index in [0.29, 0.717) is 24.2 Å². The molecule has 260 valence electrons. The average molecular weight is 684 g/mol. The SMILES string of the molecule is C=C[C@H]1C[C@@]1(NC(=O)[C@@H]1C[C@@H](Oc2ccc3ccccc3n2)CN1C(=O)[C@@H](NC(=O)OC(C)(C)C)C(C)(C)C)C(=O)NS(=O)(=O)C1CC1. The molecule has 0 radical (unpaired) electrons. The highest BCUT2D eigenvalue weighted by Gasteiger charge is 2.62. The summed E-state index contributed by atoms with van der Waals surface area (Å²) in [7, 11) is -3.88. The van der Waals surface area contributed by atoms with Gasteiger partial charge in [0.2, 0.25) is 27.7 Å². The number of benzene rings is 1. The van der Waals surface area contributed by atoms with Crippen molar-refractivity contribution in [3.63, 3.8) is 0 Å². The molecule has 48 heavy (non-hydrogen) atoms. The van der Waals surface area contributed by atoms with Gasteiger partial charge in [-0.2, -0.15) is 0 Å².